The fourth-order valence-electron chi connectivity index (χ4n) is 2.91. The lowest BCUT2D eigenvalue weighted by molar-refractivity contribution is -0.138. The molecule has 3 heteroatoms. The lowest BCUT2D eigenvalue weighted by Gasteiger charge is -2.08. The lowest BCUT2D eigenvalue weighted by atomic mass is 9.99. The highest BCUT2D eigenvalue weighted by Gasteiger charge is 2.06. The van der Waals surface area contributed by atoms with Crippen molar-refractivity contribution in [1.29, 1.82) is 0 Å². The largest absolute Gasteiger partial charge is 0.481 e. The SMILES string of the molecule is COCCCCCCCCCCCCCC[C@H](C)CC(=O)O. The Morgan fingerprint density at radius 2 is 1.23 bits per heavy atom. The Kier molecular flexibility index (Phi) is 16.4. The number of carbonyl (C=O) groups is 1. The van der Waals surface area contributed by atoms with Crippen LogP contribution < -0.4 is 0 Å². The minimum absolute atomic E-state index is 0.325. The van der Waals surface area contributed by atoms with Crippen molar-refractivity contribution in [2.75, 3.05) is 13.7 Å². The number of carboxylic acids is 1. The van der Waals surface area contributed by atoms with Crippen LogP contribution in [0.5, 0.6) is 0 Å². The van der Waals surface area contributed by atoms with Gasteiger partial charge in [0.15, 0.2) is 0 Å². The summed E-state index contributed by atoms with van der Waals surface area (Å²) in [5.74, 6) is -0.326. The molecule has 0 aliphatic heterocycles. The minimum atomic E-state index is -0.661. The molecule has 0 rings (SSSR count). The molecule has 1 atom stereocenters. The summed E-state index contributed by atoms with van der Waals surface area (Å²) in [5, 5.41) is 8.69. The molecule has 0 saturated heterocycles. The molecule has 0 aromatic heterocycles. The van der Waals surface area contributed by atoms with Crippen LogP contribution in [0.15, 0.2) is 0 Å². The molecular weight excluding hydrogens is 276 g/mol. The third kappa shape index (κ3) is 17.5. The van der Waals surface area contributed by atoms with Crippen molar-refractivity contribution < 1.29 is 14.6 Å². The number of aliphatic carboxylic acids is 1. The van der Waals surface area contributed by atoms with E-state index in [4.69, 9.17) is 9.84 Å². The number of hydrogen-bond acceptors (Lipinski definition) is 2. The van der Waals surface area contributed by atoms with Gasteiger partial charge in [0.25, 0.3) is 0 Å². The van der Waals surface area contributed by atoms with Gasteiger partial charge in [-0.1, -0.05) is 84.0 Å². The van der Waals surface area contributed by atoms with Gasteiger partial charge in [0, 0.05) is 20.1 Å². The first-order valence-corrected chi connectivity index (χ1v) is 9.37. The summed E-state index contributed by atoms with van der Waals surface area (Å²) in [6.07, 6.45) is 17.3. The molecule has 22 heavy (non-hydrogen) atoms. The highest BCUT2D eigenvalue weighted by atomic mass is 16.5. The molecule has 0 saturated carbocycles. The highest BCUT2D eigenvalue weighted by molar-refractivity contribution is 5.66. The quantitative estimate of drug-likeness (QED) is 0.344. The van der Waals surface area contributed by atoms with E-state index in [1.807, 2.05) is 6.92 Å². The van der Waals surface area contributed by atoms with Crippen LogP contribution in [0.1, 0.15) is 96.8 Å². The van der Waals surface area contributed by atoms with Crippen LogP contribution in [0.3, 0.4) is 0 Å². The van der Waals surface area contributed by atoms with Gasteiger partial charge in [-0.05, 0) is 12.3 Å². The summed E-state index contributed by atoms with van der Waals surface area (Å²) in [5.41, 5.74) is 0. The van der Waals surface area contributed by atoms with Crippen LogP contribution in [-0.2, 0) is 9.53 Å². The maximum Gasteiger partial charge on any atom is 0.303 e. The van der Waals surface area contributed by atoms with Gasteiger partial charge in [0.2, 0.25) is 0 Å². The van der Waals surface area contributed by atoms with Crippen LogP contribution in [0.2, 0.25) is 0 Å². The van der Waals surface area contributed by atoms with Crippen molar-refractivity contribution in [2.24, 2.45) is 5.92 Å². The second kappa shape index (κ2) is 16.8. The monoisotopic (exact) mass is 314 g/mol. The molecule has 0 spiro atoms. The summed E-state index contributed by atoms with van der Waals surface area (Å²) >= 11 is 0. The summed E-state index contributed by atoms with van der Waals surface area (Å²) in [6.45, 7) is 2.96. The minimum Gasteiger partial charge on any atom is -0.481 e. The first-order valence-electron chi connectivity index (χ1n) is 9.37. The molecule has 0 aliphatic carbocycles. The molecule has 0 aromatic carbocycles. The smallest absolute Gasteiger partial charge is 0.303 e. The average molecular weight is 315 g/mol. The average Bonchev–Trinajstić information content (AvgIpc) is 2.47. The summed E-state index contributed by atoms with van der Waals surface area (Å²) in [4.78, 5) is 10.6. The van der Waals surface area contributed by atoms with E-state index in [-0.39, 0.29) is 0 Å². The molecule has 0 radical (unpaired) electrons. The van der Waals surface area contributed by atoms with Crippen LogP contribution in [0.4, 0.5) is 0 Å². The van der Waals surface area contributed by atoms with E-state index in [2.05, 4.69) is 0 Å². The molecule has 0 fully saturated rings. The topological polar surface area (TPSA) is 46.5 Å². The van der Waals surface area contributed by atoms with Crippen molar-refractivity contribution in [2.45, 2.75) is 96.8 Å². The molecular formula is C19H38O3. The summed E-state index contributed by atoms with van der Waals surface area (Å²) in [6, 6.07) is 0. The Morgan fingerprint density at radius 1 is 0.818 bits per heavy atom. The second-order valence-electron chi connectivity index (χ2n) is 6.73. The predicted octanol–water partition coefficient (Wildman–Crippen LogP) is 5.81. The summed E-state index contributed by atoms with van der Waals surface area (Å²) < 4.78 is 5.05. The maximum absolute atomic E-state index is 10.6. The predicted molar refractivity (Wildman–Crippen MR) is 93.3 cm³/mol. The molecule has 0 aliphatic rings. The van der Waals surface area contributed by atoms with Crippen molar-refractivity contribution >= 4 is 5.97 Å². The zero-order chi connectivity index (χ0) is 16.5. The molecule has 0 unspecified atom stereocenters. The number of carboxylic acid groups (broad SMARTS) is 1. The number of unbranched alkanes of at least 4 members (excludes halogenated alkanes) is 11. The van der Waals surface area contributed by atoms with Gasteiger partial charge in [-0.3, -0.25) is 4.79 Å². The Hall–Kier alpha value is -0.570. The zero-order valence-corrected chi connectivity index (χ0v) is 14.9. The first-order chi connectivity index (χ1) is 10.7. The first kappa shape index (κ1) is 21.4. The third-order valence-electron chi connectivity index (χ3n) is 4.32. The molecule has 132 valence electrons. The van der Waals surface area contributed by atoms with E-state index >= 15 is 0 Å². The van der Waals surface area contributed by atoms with Crippen LogP contribution in [0.25, 0.3) is 0 Å². The maximum atomic E-state index is 10.6. The number of methoxy groups -OCH3 is 1. The Balaban J connectivity index is 3.07. The van der Waals surface area contributed by atoms with Crippen molar-refractivity contribution in [3.05, 3.63) is 0 Å². The van der Waals surface area contributed by atoms with Gasteiger partial charge < -0.3 is 9.84 Å². The third-order valence-corrected chi connectivity index (χ3v) is 4.32. The Bertz CT molecular complexity index is 241. The van der Waals surface area contributed by atoms with Crippen LogP contribution >= 0.6 is 0 Å². The fourth-order valence-corrected chi connectivity index (χ4v) is 2.91. The molecule has 1 N–H and O–H groups in total. The van der Waals surface area contributed by atoms with E-state index in [1.165, 1.54) is 77.0 Å². The van der Waals surface area contributed by atoms with Gasteiger partial charge >= 0.3 is 5.97 Å². The fraction of sp³-hybridized carbons (Fsp3) is 0.947. The van der Waals surface area contributed by atoms with Crippen LogP contribution in [0, 0.1) is 5.92 Å². The van der Waals surface area contributed by atoms with E-state index in [0.29, 0.717) is 12.3 Å². The molecule has 0 heterocycles. The zero-order valence-electron chi connectivity index (χ0n) is 14.9. The Morgan fingerprint density at radius 3 is 1.64 bits per heavy atom. The number of hydrogen-bond donors (Lipinski definition) is 1. The van der Waals surface area contributed by atoms with E-state index < -0.39 is 5.97 Å². The number of ether oxygens (including phenoxy) is 1. The summed E-state index contributed by atoms with van der Waals surface area (Å²) in [7, 11) is 1.77. The van der Waals surface area contributed by atoms with Gasteiger partial charge in [0.05, 0.1) is 0 Å². The van der Waals surface area contributed by atoms with Gasteiger partial charge in [-0.25, -0.2) is 0 Å². The molecule has 3 nitrogen and oxygen atoms in total. The van der Waals surface area contributed by atoms with Crippen molar-refractivity contribution in [3.8, 4) is 0 Å². The molecule has 0 aromatic rings. The Labute approximate surface area is 137 Å². The van der Waals surface area contributed by atoms with Gasteiger partial charge in [-0.2, -0.15) is 0 Å². The molecule has 0 amide bonds. The van der Waals surface area contributed by atoms with Crippen LogP contribution in [-0.4, -0.2) is 24.8 Å². The lowest BCUT2D eigenvalue weighted by Crippen LogP contribution is -2.03. The second-order valence-corrected chi connectivity index (χ2v) is 6.73. The van der Waals surface area contributed by atoms with E-state index in [0.717, 1.165) is 13.0 Å². The van der Waals surface area contributed by atoms with Crippen molar-refractivity contribution in [1.82, 2.24) is 0 Å². The van der Waals surface area contributed by atoms with E-state index in [1.54, 1.807) is 7.11 Å². The number of rotatable bonds is 17. The normalized spacial score (nSPS) is 12.5. The van der Waals surface area contributed by atoms with Crippen molar-refractivity contribution in [3.63, 3.8) is 0 Å². The van der Waals surface area contributed by atoms with Gasteiger partial charge in [0.1, 0.15) is 0 Å². The van der Waals surface area contributed by atoms with Gasteiger partial charge in [-0.15, -0.1) is 0 Å². The van der Waals surface area contributed by atoms with E-state index in [9.17, 15) is 4.79 Å². The highest BCUT2D eigenvalue weighted by Crippen LogP contribution is 2.15. The molecule has 0 bridgehead atoms. The standard InChI is InChI=1S/C19H38O3/c1-18(17-19(20)21)15-13-11-9-7-5-3-4-6-8-10-12-14-16-22-2/h18H,3-17H2,1-2H3,(H,20,21)/t18-/m0/s1.